The molecule has 0 bridgehead atoms. The van der Waals surface area contributed by atoms with E-state index in [9.17, 15) is 9.59 Å². The Morgan fingerprint density at radius 3 is 2.14 bits per heavy atom. The van der Waals surface area contributed by atoms with E-state index in [0.717, 1.165) is 16.7 Å². The normalized spacial score (nSPS) is 16.0. The van der Waals surface area contributed by atoms with Crippen LogP contribution >= 0.6 is 0 Å². The lowest BCUT2D eigenvalue weighted by molar-refractivity contribution is -0.126. The molecule has 1 fully saturated rings. The molecule has 4 heteroatoms. The molecule has 21 heavy (non-hydrogen) atoms. The summed E-state index contributed by atoms with van der Waals surface area (Å²) in [4.78, 5) is 24.7. The van der Waals surface area contributed by atoms with Gasteiger partial charge in [-0.1, -0.05) is 54.6 Å². The van der Waals surface area contributed by atoms with Gasteiger partial charge in [0.05, 0.1) is 12.6 Å². The molecule has 1 aliphatic heterocycles. The molecule has 0 aromatic heterocycles. The van der Waals surface area contributed by atoms with Crippen LogP contribution in [0.4, 0.5) is 4.79 Å². The quantitative estimate of drug-likeness (QED) is 0.879. The van der Waals surface area contributed by atoms with E-state index in [1.165, 1.54) is 4.90 Å². The van der Waals surface area contributed by atoms with E-state index in [0.29, 0.717) is 0 Å². The number of amides is 3. The molecule has 1 saturated heterocycles. The summed E-state index contributed by atoms with van der Waals surface area (Å²) < 4.78 is 0. The number of urea groups is 1. The minimum Gasteiger partial charge on any atom is -0.329 e. The maximum absolute atomic E-state index is 11.7. The van der Waals surface area contributed by atoms with Crippen LogP contribution in [0.15, 0.2) is 54.6 Å². The second kappa shape index (κ2) is 5.40. The van der Waals surface area contributed by atoms with Crippen LogP contribution in [0, 0.1) is 0 Å². The zero-order valence-corrected chi connectivity index (χ0v) is 11.7. The van der Waals surface area contributed by atoms with Gasteiger partial charge < -0.3 is 5.32 Å². The Morgan fingerprint density at radius 2 is 1.57 bits per heavy atom. The van der Waals surface area contributed by atoms with Gasteiger partial charge in [-0.15, -0.1) is 0 Å². The van der Waals surface area contributed by atoms with Crippen molar-refractivity contribution in [3.8, 4) is 11.1 Å². The van der Waals surface area contributed by atoms with Crippen molar-refractivity contribution in [2.24, 2.45) is 0 Å². The van der Waals surface area contributed by atoms with Gasteiger partial charge in [-0.25, -0.2) is 4.79 Å². The number of imide groups is 1. The van der Waals surface area contributed by atoms with E-state index in [2.05, 4.69) is 17.4 Å². The maximum Gasteiger partial charge on any atom is 0.325 e. The van der Waals surface area contributed by atoms with Crippen molar-refractivity contribution >= 4 is 11.9 Å². The molecule has 4 nitrogen and oxygen atoms in total. The summed E-state index contributed by atoms with van der Waals surface area (Å²) in [5, 5.41) is 2.54. The maximum atomic E-state index is 11.7. The summed E-state index contributed by atoms with van der Waals surface area (Å²) in [6, 6.07) is 17.5. The molecular weight excluding hydrogens is 264 g/mol. The number of rotatable bonds is 3. The summed E-state index contributed by atoms with van der Waals surface area (Å²) in [7, 11) is 0. The number of nitrogens with one attached hydrogen (secondary N) is 1. The Labute approximate surface area is 123 Å². The van der Waals surface area contributed by atoms with Crippen LogP contribution < -0.4 is 5.32 Å². The molecule has 0 radical (unpaired) electrons. The molecule has 1 aliphatic rings. The van der Waals surface area contributed by atoms with Gasteiger partial charge in [0.2, 0.25) is 0 Å². The molecular formula is C17H16N2O2. The third-order valence-electron chi connectivity index (χ3n) is 3.77. The Hall–Kier alpha value is -2.62. The van der Waals surface area contributed by atoms with Crippen molar-refractivity contribution < 1.29 is 9.59 Å². The average Bonchev–Trinajstić information content (AvgIpc) is 2.87. The fourth-order valence-electron chi connectivity index (χ4n) is 2.56. The summed E-state index contributed by atoms with van der Waals surface area (Å²) in [5.41, 5.74) is 3.20. The summed E-state index contributed by atoms with van der Waals surface area (Å²) in [6.45, 7) is 1.95. The van der Waals surface area contributed by atoms with E-state index in [1.54, 1.807) is 0 Å². The smallest absolute Gasteiger partial charge is 0.325 e. The Bertz CT molecular complexity index is 649. The molecule has 1 unspecified atom stereocenters. The Morgan fingerprint density at radius 1 is 0.952 bits per heavy atom. The van der Waals surface area contributed by atoms with Crippen molar-refractivity contribution in [3.63, 3.8) is 0 Å². The molecule has 0 spiro atoms. The molecule has 0 aliphatic carbocycles. The molecule has 2 aromatic carbocycles. The van der Waals surface area contributed by atoms with E-state index < -0.39 is 0 Å². The van der Waals surface area contributed by atoms with Crippen LogP contribution in [0.25, 0.3) is 11.1 Å². The first-order valence-corrected chi connectivity index (χ1v) is 6.92. The minimum absolute atomic E-state index is 0.0886. The molecule has 1 heterocycles. The van der Waals surface area contributed by atoms with Gasteiger partial charge in [-0.3, -0.25) is 9.69 Å². The lowest BCUT2D eigenvalue weighted by atomic mass is 10.0. The number of hydrogen-bond donors (Lipinski definition) is 1. The summed E-state index contributed by atoms with van der Waals surface area (Å²) in [6.07, 6.45) is 0. The number of carbonyl (C=O) groups excluding carboxylic acids is 2. The highest BCUT2D eigenvalue weighted by molar-refractivity contribution is 6.02. The van der Waals surface area contributed by atoms with Gasteiger partial charge in [-0.05, 0) is 23.6 Å². The van der Waals surface area contributed by atoms with E-state index in [1.807, 2.05) is 49.4 Å². The largest absolute Gasteiger partial charge is 0.329 e. The fraction of sp³-hybridized carbons (Fsp3) is 0.176. The van der Waals surface area contributed by atoms with Gasteiger partial charge in [0, 0.05) is 0 Å². The van der Waals surface area contributed by atoms with Crippen molar-refractivity contribution in [3.05, 3.63) is 60.2 Å². The van der Waals surface area contributed by atoms with Gasteiger partial charge in [0.25, 0.3) is 5.91 Å². The van der Waals surface area contributed by atoms with Gasteiger partial charge in [0.1, 0.15) is 0 Å². The first-order valence-electron chi connectivity index (χ1n) is 6.92. The van der Waals surface area contributed by atoms with Crippen LogP contribution in [0.1, 0.15) is 18.5 Å². The molecule has 3 rings (SSSR count). The number of carbonyl (C=O) groups is 2. The standard InChI is InChI=1S/C17H16N2O2/c1-12(19-16(20)11-18-17(19)21)13-7-9-15(10-8-13)14-5-3-2-4-6-14/h2-10,12H,11H2,1H3,(H,18,21). The number of nitrogens with zero attached hydrogens (tertiary/aromatic N) is 1. The molecule has 1 atom stereocenters. The molecule has 0 saturated carbocycles. The molecule has 3 amide bonds. The minimum atomic E-state index is -0.320. The monoisotopic (exact) mass is 280 g/mol. The SMILES string of the molecule is CC(c1ccc(-c2ccccc2)cc1)N1C(=O)CNC1=O. The fourth-order valence-corrected chi connectivity index (χ4v) is 2.56. The van der Waals surface area contributed by atoms with Crippen LogP contribution in [-0.4, -0.2) is 23.4 Å². The molecule has 2 aromatic rings. The van der Waals surface area contributed by atoms with E-state index >= 15 is 0 Å². The van der Waals surface area contributed by atoms with Crippen molar-refractivity contribution in [2.75, 3.05) is 6.54 Å². The van der Waals surface area contributed by atoms with Crippen LogP contribution in [-0.2, 0) is 4.79 Å². The lowest BCUT2D eigenvalue weighted by Crippen LogP contribution is -2.33. The summed E-state index contributed by atoms with van der Waals surface area (Å²) in [5.74, 6) is -0.181. The zero-order chi connectivity index (χ0) is 14.8. The molecule has 1 N–H and O–H groups in total. The Kier molecular flexibility index (Phi) is 3.44. The topological polar surface area (TPSA) is 49.4 Å². The highest BCUT2D eigenvalue weighted by Gasteiger charge is 2.33. The Balaban J connectivity index is 1.84. The van der Waals surface area contributed by atoms with Crippen LogP contribution in [0.5, 0.6) is 0 Å². The number of benzene rings is 2. The van der Waals surface area contributed by atoms with Gasteiger partial charge in [-0.2, -0.15) is 0 Å². The highest BCUT2D eigenvalue weighted by atomic mass is 16.2. The highest BCUT2D eigenvalue weighted by Crippen LogP contribution is 2.25. The lowest BCUT2D eigenvalue weighted by Gasteiger charge is -2.21. The summed E-state index contributed by atoms with van der Waals surface area (Å²) >= 11 is 0. The van der Waals surface area contributed by atoms with Crippen LogP contribution in [0.2, 0.25) is 0 Å². The van der Waals surface area contributed by atoms with Gasteiger partial charge in [0.15, 0.2) is 0 Å². The average molecular weight is 280 g/mol. The third kappa shape index (κ3) is 2.52. The second-order valence-corrected chi connectivity index (χ2v) is 5.09. The van der Waals surface area contributed by atoms with Gasteiger partial charge >= 0.3 is 6.03 Å². The predicted octanol–water partition coefficient (Wildman–Crippen LogP) is 2.97. The second-order valence-electron chi connectivity index (χ2n) is 5.09. The van der Waals surface area contributed by atoms with Crippen molar-refractivity contribution in [1.82, 2.24) is 10.2 Å². The predicted molar refractivity (Wildman–Crippen MR) is 80.5 cm³/mol. The first kappa shape index (κ1) is 13.4. The third-order valence-corrected chi connectivity index (χ3v) is 3.77. The zero-order valence-electron chi connectivity index (χ0n) is 11.7. The number of hydrogen-bond acceptors (Lipinski definition) is 2. The first-order chi connectivity index (χ1) is 10.2. The molecule has 106 valence electrons. The van der Waals surface area contributed by atoms with E-state index in [-0.39, 0.29) is 24.5 Å². The van der Waals surface area contributed by atoms with E-state index in [4.69, 9.17) is 0 Å². The van der Waals surface area contributed by atoms with Crippen molar-refractivity contribution in [2.45, 2.75) is 13.0 Å². The van der Waals surface area contributed by atoms with Crippen LogP contribution in [0.3, 0.4) is 0 Å². The van der Waals surface area contributed by atoms with Crippen molar-refractivity contribution in [1.29, 1.82) is 0 Å².